The predicted molar refractivity (Wildman–Crippen MR) is 78.1 cm³/mol. The molecule has 0 saturated carbocycles. The van der Waals surface area contributed by atoms with E-state index in [0.717, 1.165) is 22.4 Å². The Bertz CT molecular complexity index is 549. The molecule has 100 valence electrons. The highest BCUT2D eigenvalue weighted by Gasteiger charge is 2.14. The molecule has 0 aliphatic heterocycles. The van der Waals surface area contributed by atoms with Gasteiger partial charge in [-0.25, -0.2) is 5.43 Å². The number of rotatable bonds is 4. The van der Waals surface area contributed by atoms with E-state index in [0.29, 0.717) is 0 Å². The van der Waals surface area contributed by atoms with Crippen molar-refractivity contribution in [3.63, 3.8) is 0 Å². The van der Waals surface area contributed by atoms with E-state index in [1.807, 2.05) is 12.1 Å². The molecule has 0 fully saturated rings. The third kappa shape index (κ3) is 2.95. The molecule has 2 rings (SSSR count). The minimum atomic E-state index is -0.00786. The van der Waals surface area contributed by atoms with Crippen molar-refractivity contribution in [2.75, 3.05) is 7.11 Å². The molecule has 0 spiro atoms. The number of hydrogen-bond acceptors (Lipinski definition) is 3. The second-order valence-corrected chi connectivity index (χ2v) is 4.73. The summed E-state index contributed by atoms with van der Waals surface area (Å²) in [6.45, 7) is 4.14. The molecule has 0 aliphatic carbocycles. The number of hydrogen-bond donors (Lipinski definition) is 2. The first-order valence-electron chi connectivity index (χ1n) is 6.33. The normalized spacial score (nSPS) is 12.2. The first kappa shape index (κ1) is 13.6. The van der Waals surface area contributed by atoms with E-state index in [4.69, 9.17) is 10.6 Å². The van der Waals surface area contributed by atoms with Gasteiger partial charge >= 0.3 is 0 Å². The third-order valence-corrected chi connectivity index (χ3v) is 3.37. The molecular weight excluding hydrogens is 236 g/mol. The maximum atomic E-state index is 5.73. The molecule has 0 radical (unpaired) electrons. The maximum absolute atomic E-state index is 5.73. The van der Waals surface area contributed by atoms with E-state index in [1.165, 1.54) is 5.56 Å². The highest BCUT2D eigenvalue weighted by Crippen LogP contribution is 2.27. The Balaban J connectivity index is 2.39. The quantitative estimate of drug-likeness (QED) is 0.653. The van der Waals surface area contributed by atoms with Crippen molar-refractivity contribution < 1.29 is 4.74 Å². The zero-order valence-electron chi connectivity index (χ0n) is 11.6. The van der Waals surface area contributed by atoms with Crippen LogP contribution in [0.15, 0.2) is 42.5 Å². The fraction of sp³-hybridized carbons (Fsp3) is 0.250. The highest BCUT2D eigenvalue weighted by atomic mass is 16.5. The van der Waals surface area contributed by atoms with Gasteiger partial charge in [0.2, 0.25) is 0 Å². The standard InChI is InChI=1S/C16H20N2O/c1-11-4-6-13(7-5-11)16(18-17)15-9-8-14(19-3)10-12(15)2/h4-10,16,18H,17H2,1-3H3. The number of ether oxygens (including phenoxy) is 1. The second-order valence-electron chi connectivity index (χ2n) is 4.73. The monoisotopic (exact) mass is 256 g/mol. The Morgan fingerprint density at radius 2 is 1.74 bits per heavy atom. The second kappa shape index (κ2) is 5.87. The van der Waals surface area contributed by atoms with Crippen molar-refractivity contribution >= 4 is 0 Å². The lowest BCUT2D eigenvalue weighted by Crippen LogP contribution is -2.29. The van der Waals surface area contributed by atoms with Gasteiger partial charge in [-0.3, -0.25) is 5.84 Å². The van der Waals surface area contributed by atoms with Gasteiger partial charge in [-0.15, -0.1) is 0 Å². The lowest BCUT2D eigenvalue weighted by Gasteiger charge is -2.19. The van der Waals surface area contributed by atoms with Crippen LogP contribution in [0.2, 0.25) is 0 Å². The summed E-state index contributed by atoms with van der Waals surface area (Å²) in [4.78, 5) is 0. The van der Waals surface area contributed by atoms with Gasteiger partial charge in [0.05, 0.1) is 13.2 Å². The summed E-state index contributed by atoms with van der Waals surface area (Å²) < 4.78 is 5.23. The molecule has 0 heterocycles. The first-order chi connectivity index (χ1) is 9.15. The largest absolute Gasteiger partial charge is 0.497 e. The number of aryl methyl sites for hydroxylation is 2. The van der Waals surface area contributed by atoms with Gasteiger partial charge in [-0.05, 0) is 42.7 Å². The van der Waals surface area contributed by atoms with Crippen LogP contribution < -0.4 is 16.0 Å². The van der Waals surface area contributed by atoms with Crippen LogP contribution in [0, 0.1) is 13.8 Å². The molecule has 1 atom stereocenters. The van der Waals surface area contributed by atoms with Gasteiger partial charge < -0.3 is 4.74 Å². The molecule has 0 aliphatic rings. The van der Waals surface area contributed by atoms with Crippen LogP contribution in [-0.2, 0) is 0 Å². The molecule has 3 nitrogen and oxygen atoms in total. The fourth-order valence-corrected chi connectivity index (χ4v) is 2.22. The molecule has 19 heavy (non-hydrogen) atoms. The van der Waals surface area contributed by atoms with Crippen LogP contribution in [0.4, 0.5) is 0 Å². The van der Waals surface area contributed by atoms with E-state index >= 15 is 0 Å². The molecule has 2 aromatic rings. The van der Waals surface area contributed by atoms with Gasteiger partial charge in [-0.1, -0.05) is 35.9 Å². The van der Waals surface area contributed by atoms with Crippen molar-refractivity contribution in [3.05, 3.63) is 64.7 Å². The Morgan fingerprint density at radius 1 is 1.05 bits per heavy atom. The molecule has 0 bridgehead atoms. The summed E-state index contributed by atoms with van der Waals surface area (Å²) in [5.74, 6) is 6.60. The number of benzene rings is 2. The van der Waals surface area contributed by atoms with Gasteiger partial charge in [-0.2, -0.15) is 0 Å². The molecule has 1 unspecified atom stereocenters. The lowest BCUT2D eigenvalue weighted by atomic mass is 9.95. The number of methoxy groups -OCH3 is 1. The van der Waals surface area contributed by atoms with Crippen LogP contribution >= 0.6 is 0 Å². The fourth-order valence-electron chi connectivity index (χ4n) is 2.22. The summed E-state index contributed by atoms with van der Waals surface area (Å²) in [5.41, 5.74) is 7.60. The summed E-state index contributed by atoms with van der Waals surface area (Å²) in [5, 5.41) is 0. The van der Waals surface area contributed by atoms with Crippen molar-refractivity contribution in [1.82, 2.24) is 5.43 Å². The molecule has 0 amide bonds. The summed E-state index contributed by atoms with van der Waals surface area (Å²) in [6, 6.07) is 14.4. The van der Waals surface area contributed by atoms with Crippen molar-refractivity contribution in [2.24, 2.45) is 5.84 Å². The van der Waals surface area contributed by atoms with Gasteiger partial charge in [0.1, 0.15) is 5.75 Å². The average Bonchev–Trinajstić information content (AvgIpc) is 2.43. The minimum absolute atomic E-state index is 0.00786. The summed E-state index contributed by atoms with van der Waals surface area (Å²) >= 11 is 0. The number of nitrogens with one attached hydrogen (secondary N) is 1. The van der Waals surface area contributed by atoms with Crippen LogP contribution in [0.25, 0.3) is 0 Å². The van der Waals surface area contributed by atoms with Crippen LogP contribution in [0.3, 0.4) is 0 Å². The first-order valence-corrected chi connectivity index (χ1v) is 6.33. The van der Waals surface area contributed by atoms with Crippen LogP contribution in [-0.4, -0.2) is 7.11 Å². The lowest BCUT2D eigenvalue weighted by molar-refractivity contribution is 0.414. The van der Waals surface area contributed by atoms with E-state index in [-0.39, 0.29) is 6.04 Å². The zero-order valence-corrected chi connectivity index (χ0v) is 11.6. The summed E-state index contributed by atoms with van der Waals surface area (Å²) in [6.07, 6.45) is 0. The van der Waals surface area contributed by atoms with Crippen molar-refractivity contribution in [3.8, 4) is 5.75 Å². The average molecular weight is 256 g/mol. The van der Waals surface area contributed by atoms with E-state index < -0.39 is 0 Å². The van der Waals surface area contributed by atoms with Crippen LogP contribution in [0.5, 0.6) is 5.75 Å². The van der Waals surface area contributed by atoms with Crippen LogP contribution in [0.1, 0.15) is 28.3 Å². The van der Waals surface area contributed by atoms with E-state index in [2.05, 4.69) is 49.6 Å². The smallest absolute Gasteiger partial charge is 0.119 e. The number of hydrazine groups is 1. The van der Waals surface area contributed by atoms with Gasteiger partial charge in [0, 0.05) is 0 Å². The Kier molecular flexibility index (Phi) is 4.20. The predicted octanol–water partition coefficient (Wildman–Crippen LogP) is 2.86. The molecule has 0 aromatic heterocycles. The zero-order chi connectivity index (χ0) is 13.8. The Morgan fingerprint density at radius 3 is 2.26 bits per heavy atom. The molecule has 0 saturated heterocycles. The van der Waals surface area contributed by atoms with Crippen molar-refractivity contribution in [2.45, 2.75) is 19.9 Å². The molecule has 2 aromatic carbocycles. The molecule has 3 heteroatoms. The van der Waals surface area contributed by atoms with E-state index in [1.54, 1.807) is 7.11 Å². The van der Waals surface area contributed by atoms with Gasteiger partial charge in [0.15, 0.2) is 0 Å². The molecule has 3 N–H and O–H groups in total. The maximum Gasteiger partial charge on any atom is 0.119 e. The minimum Gasteiger partial charge on any atom is -0.497 e. The van der Waals surface area contributed by atoms with E-state index in [9.17, 15) is 0 Å². The Labute approximate surface area is 114 Å². The number of nitrogens with two attached hydrogens (primary N) is 1. The SMILES string of the molecule is COc1ccc(C(NN)c2ccc(C)cc2)c(C)c1. The van der Waals surface area contributed by atoms with Crippen molar-refractivity contribution in [1.29, 1.82) is 0 Å². The Hall–Kier alpha value is -1.84. The highest BCUT2D eigenvalue weighted by molar-refractivity contribution is 5.41. The molecular formula is C16H20N2O. The van der Waals surface area contributed by atoms with Gasteiger partial charge in [0.25, 0.3) is 0 Å². The third-order valence-electron chi connectivity index (χ3n) is 3.37. The topological polar surface area (TPSA) is 47.3 Å². The summed E-state index contributed by atoms with van der Waals surface area (Å²) in [7, 11) is 1.67.